The van der Waals surface area contributed by atoms with Crippen molar-refractivity contribution in [2.75, 3.05) is 5.32 Å². The molecule has 0 aliphatic rings. The van der Waals surface area contributed by atoms with E-state index in [1.165, 1.54) is 24.3 Å². The van der Waals surface area contributed by atoms with E-state index < -0.39 is 17.8 Å². The maximum absolute atomic E-state index is 13.1. The van der Waals surface area contributed by atoms with Crippen molar-refractivity contribution in [1.82, 2.24) is 9.78 Å². The monoisotopic (exact) mass is 370 g/mol. The quantitative estimate of drug-likeness (QED) is 0.746. The van der Waals surface area contributed by atoms with E-state index in [0.717, 1.165) is 10.2 Å². The van der Waals surface area contributed by atoms with Crippen LogP contribution in [0.5, 0.6) is 0 Å². The number of carbonyl (C=O) groups excluding carboxylic acids is 1. The van der Waals surface area contributed by atoms with Gasteiger partial charge in [0.25, 0.3) is 5.91 Å². The molecular weight excluding hydrogens is 357 g/mol. The van der Waals surface area contributed by atoms with Crippen molar-refractivity contribution in [1.29, 1.82) is 5.26 Å². The maximum Gasteiger partial charge on any atom is 0.435 e. The summed E-state index contributed by atoms with van der Waals surface area (Å²) in [6.45, 7) is 1.83. The number of nitrogens with zero attached hydrogens (tertiary/aromatic N) is 3. The van der Waals surface area contributed by atoms with E-state index in [4.69, 9.17) is 5.26 Å². The van der Waals surface area contributed by atoms with Crippen molar-refractivity contribution in [3.05, 3.63) is 77.1 Å². The molecule has 3 aromatic rings. The fourth-order valence-corrected chi connectivity index (χ4v) is 2.50. The molecule has 0 atom stereocenters. The molecular formula is C19H13F3N4O. The Labute approximate surface area is 152 Å². The average Bonchev–Trinajstić information content (AvgIpc) is 3.08. The molecule has 3 rings (SSSR count). The zero-order valence-electron chi connectivity index (χ0n) is 14.1. The summed E-state index contributed by atoms with van der Waals surface area (Å²) in [5.74, 6) is -0.744. The molecule has 0 unspecified atom stereocenters. The molecule has 0 fully saturated rings. The largest absolute Gasteiger partial charge is 0.435 e. The van der Waals surface area contributed by atoms with Crippen molar-refractivity contribution in [3.63, 3.8) is 0 Å². The fraction of sp³-hybridized carbons (Fsp3) is 0.105. The Morgan fingerprint density at radius 2 is 1.89 bits per heavy atom. The number of carbonyl (C=O) groups is 1. The van der Waals surface area contributed by atoms with Gasteiger partial charge in [0.15, 0.2) is 5.69 Å². The van der Waals surface area contributed by atoms with Gasteiger partial charge < -0.3 is 5.32 Å². The maximum atomic E-state index is 13.1. The molecule has 1 amide bonds. The number of aryl methyl sites for hydroxylation is 1. The minimum atomic E-state index is -4.71. The second-order valence-electron chi connectivity index (χ2n) is 5.81. The lowest BCUT2D eigenvalue weighted by Crippen LogP contribution is -2.17. The van der Waals surface area contributed by atoms with Gasteiger partial charge in [0.05, 0.1) is 17.3 Å². The predicted molar refractivity (Wildman–Crippen MR) is 92.4 cm³/mol. The predicted octanol–water partition coefficient (Wildman–Crippen LogP) is 4.32. The van der Waals surface area contributed by atoms with Crippen molar-refractivity contribution >= 4 is 11.6 Å². The van der Waals surface area contributed by atoms with Crippen molar-refractivity contribution < 1.29 is 18.0 Å². The number of alkyl halides is 3. The standard InChI is InChI=1S/C19H13F3N4O/c1-12-4-2-6-14(8-12)24-18(27)16-10-17(19(20,21)22)25-26(16)15-7-3-5-13(9-15)11-23/h2-10H,1H3,(H,24,27). The summed E-state index contributed by atoms with van der Waals surface area (Å²) in [6, 6.07) is 15.3. The second kappa shape index (κ2) is 6.96. The number of hydrogen-bond donors (Lipinski definition) is 1. The first-order chi connectivity index (χ1) is 12.8. The summed E-state index contributed by atoms with van der Waals surface area (Å²) in [5, 5.41) is 15.1. The Balaban J connectivity index is 2.06. The van der Waals surface area contributed by atoms with Crippen LogP contribution in [0.3, 0.4) is 0 Å². The third kappa shape index (κ3) is 3.98. The number of aromatic nitrogens is 2. The van der Waals surface area contributed by atoms with Crippen LogP contribution in [0, 0.1) is 18.3 Å². The number of amides is 1. The van der Waals surface area contributed by atoms with E-state index >= 15 is 0 Å². The highest BCUT2D eigenvalue weighted by Gasteiger charge is 2.36. The third-order valence-electron chi connectivity index (χ3n) is 3.73. The SMILES string of the molecule is Cc1cccc(NC(=O)c2cc(C(F)(F)F)nn2-c2cccc(C#N)c2)c1. The van der Waals surface area contributed by atoms with Gasteiger partial charge in [-0.25, -0.2) is 4.68 Å². The topological polar surface area (TPSA) is 70.7 Å². The van der Waals surface area contributed by atoms with Gasteiger partial charge in [0, 0.05) is 11.8 Å². The summed E-state index contributed by atoms with van der Waals surface area (Å²) in [7, 11) is 0. The molecule has 0 spiro atoms. The van der Waals surface area contributed by atoms with E-state index in [1.54, 1.807) is 18.2 Å². The van der Waals surface area contributed by atoms with Crippen LogP contribution in [0.15, 0.2) is 54.6 Å². The molecule has 0 saturated carbocycles. The van der Waals surface area contributed by atoms with Crippen LogP contribution >= 0.6 is 0 Å². The molecule has 0 aliphatic heterocycles. The summed E-state index contributed by atoms with van der Waals surface area (Å²) < 4.78 is 40.3. The number of benzene rings is 2. The minimum absolute atomic E-state index is 0.180. The van der Waals surface area contributed by atoms with Crippen LogP contribution in [-0.2, 0) is 6.18 Å². The molecule has 1 aromatic heterocycles. The van der Waals surface area contributed by atoms with Gasteiger partial charge in [0.1, 0.15) is 5.69 Å². The molecule has 136 valence electrons. The normalized spacial score (nSPS) is 11.1. The van der Waals surface area contributed by atoms with Gasteiger partial charge >= 0.3 is 6.18 Å². The molecule has 8 heteroatoms. The number of rotatable bonds is 3. The van der Waals surface area contributed by atoms with Crippen LogP contribution in [-0.4, -0.2) is 15.7 Å². The highest BCUT2D eigenvalue weighted by molar-refractivity contribution is 6.03. The average molecular weight is 370 g/mol. The molecule has 0 aliphatic carbocycles. The van der Waals surface area contributed by atoms with E-state index in [1.807, 2.05) is 19.1 Å². The molecule has 0 radical (unpaired) electrons. The van der Waals surface area contributed by atoms with Gasteiger partial charge in [-0.2, -0.15) is 23.5 Å². The Morgan fingerprint density at radius 3 is 2.56 bits per heavy atom. The summed E-state index contributed by atoms with van der Waals surface area (Å²) >= 11 is 0. The van der Waals surface area contributed by atoms with Gasteiger partial charge in [0.2, 0.25) is 0 Å². The van der Waals surface area contributed by atoms with E-state index in [9.17, 15) is 18.0 Å². The molecule has 5 nitrogen and oxygen atoms in total. The lowest BCUT2D eigenvalue weighted by molar-refractivity contribution is -0.141. The number of anilines is 1. The van der Waals surface area contributed by atoms with Crippen molar-refractivity contribution in [2.45, 2.75) is 13.1 Å². The highest BCUT2D eigenvalue weighted by atomic mass is 19.4. The highest BCUT2D eigenvalue weighted by Crippen LogP contribution is 2.30. The van der Waals surface area contributed by atoms with E-state index in [0.29, 0.717) is 11.8 Å². The third-order valence-corrected chi connectivity index (χ3v) is 3.73. The molecule has 2 aromatic carbocycles. The Kier molecular flexibility index (Phi) is 4.69. The smallest absolute Gasteiger partial charge is 0.321 e. The zero-order valence-corrected chi connectivity index (χ0v) is 14.1. The van der Waals surface area contributed by atoms with Crippen LogP contribution in [0.1, 0.15) is 27.3 Å². The number of nitriles is 1. The van der Waals surface area contributed by atoms with Gasteiger partial charge in [-0.1, -0.05) is 18.2 Å². The number of halogens is 3. The molecule has 0 saturated heterocycles. The van der Waals surface area contributed by atoms with E-state index in [2.05, 4.69) is 10.4 Å². The summed E-state index contributed by atoms with van der Waals surface area (Å²) in [4.78, 5) is 12.6. The number of hydrogen-bond acceptors (Lipinski definition) is 3. The van der Waals surface area contributed by atoms with Crippen molar-refractivity contribution in [3.8, 4) is 11.8 Å². The van der Waals surface area contributed by atoms with Crippen LogP contribution in [0.2, 0.25) is 0 Å². The summed E-state index contributed by atoms with van der Waals surface area (Å²) in [6.07, 6.45) is -4.71. The van der Waals surface area contributed by atoms with E-state index in [-0.39, 0.29) is 16.9 Å². The first kappa shape index (κ1) is 18.2. The minimum Gasteiger partial charge on any atom is -0.321 e. The summed E-state index contributed by atoms with van der Waals surface area (Å²) in [5.41, 5.74) is 0.268. The van der Waals surface area contributed by atoms with Crippen LogP contribution < -0.4 is 5.32 Å². The van der Waals surface area contributed by atoms with Gasteiger partial charge in [-0.05, 0) is 42.8 Å². The Hall–Kier alpha value is -3.60. The zero-order chi connectivity index (χ0) is 19.6. The van der Waals surface area contributed by atoms with Crippen LogP contribution in [0.25, 0.3) is 5.69 Å². The van der Waals surface area contributed by atoms with Crippen molar-refractivity contribution in [2.24, 2.45) is 0 Å². The Morgan fingerprint density at radius 1 is 1.15 bits per heavy atom. The molecule has 1 N–H and O–H groups in total. The lowest BCUT2D eigenvalue weighted by atomic mass is 10.2. The lowest BCUT2D eigenvalue weighted by Gasteiger charge is -2.09. The van der Waals surface area contributed by atoms with Gasteiger partial charge in [-0.15, -0.1) is 0 Å². The first-order valence-corrected chi connectivity index (χ1v) is 7.84. The molecule has 1 heterocycles. The number of nitrogens with one attached hydrogen (secondary N) is 1. The molecule has 27 heavy (non-hydrogen) atoms. The fourth-order valence-electron chi connectivity index (χ4n) is 2.50. The molecule has 0 bridgehead atoms. The first-order valence-electron chi connectivity index (χ1n) is 7.84. The van der Waals surface area contributed by atoms with Gasteiger partial charge in [-0.3, -0.25) is 4.79 Å². The van der Waals surface area contributed by atoms with Crippen LogP contribution in [0.4, 0.5) is 18.9 Å². The second-order valence-corrected chi connectivity index (χ2v) is 5.81. The Bertz CT molecular complexity index is 1050.